The van der Waals surface area contributed by atoms with Crippen LogP contribution in [0.3, 0.4) is 0 Å². The number of nitro groups is 1. The molecule has 1 saturated heterocycles. The largest absolute Gasteiger partial charge is 0.358 e. The highest BCUT2D eigenvalue weighted by Gasteiger charge is 2.52. The number of amides is 1. The molecule has 9 heteroatoms. The third-order valence-corrected chi connectivity index (χ3v) is 5.07. The van der Waals surface area contributed by atoms with Crippen LogP contribution >= 0.6 is 0 Å². The summed E-state index contributed by atoms with van der Waals surface area (Å²) < 4.78 is 2.12. The summed E-state index contributed by atoms with van der Waals surface area (Å²) in [6, 6.07) is -0.205. The van der Waals surface area contributed by atoms with E-state index in [1.165, 1.54) is 19.0 Å². The van der Waals surface area contributed by atoms with Crippen LogP contribution in [-0.2, 0) is 6.54 Å². The third-order valence-electron chi connectivity index (χ3n) is 5.07. The number of hydrogen-bond acceptors (Lipinski definition) is 5. The molecule has 0 aromatic carbocycles. The van der Waals surface area contributed by atoms with Gasteiger partial charge in [0.1, 0.15) is 5.82 Å². The van der Waals surface area contributed by atoms with Crippen molar-refractivity contribution in [1.82, 2.24) is 24.6 Å². The molecule has 25 heavy (non-hydrogen) atoms. The van der Waals surface area contributed by atoms with E-state index in [0.29, 0.717) is 12.5 Å². The molecule has 0 bridgehead atoms. The lowest BCUT2D eigenvalue weighted by Crippen LogP contribution is -2.58. The minimum Gasteiger partial charge on any atom is -0.358 e. The monoisotopic (exact) mass is 344 g/mol. The molecule has 1 amide bonds. The Hall–Kier alpha value is -2.71. The summed E-state index contributed by atoms with van der Waals surface area (Å²) in [5, 5.41) is 17.0. The average Bonchev–Trinajstić information content (AvgIpc) is 3.04. The van der Waals surface area contributed by atoms with Crippen molar-refractivity contribution in [3.05, 3.63) is 40.1 Å². The number of aromatic nitrogens is 4. The first-order valence-corrected chi connectivity index (χ1v) is 8.38. The van der Waals surface area contributed by atoms with E-state index in [4.69, 9.17) is 0 Å². The number of nitrogens with one attached hydrogen (secondary N) is 1. The van der Waals surface area contributed by atoms with E-state index in [9.17, 15) is 14.9 Å². The molecule has 2 aromatic heterocycles. The molecule has 2 aromatic rings. The summed E-state index contributed by atoms with van der Waals surface area (Å²) in [5.41, 5.74) is -0.147. The normalized spacial score (nSPS) is 21.8. The van der Waals surface area contributed by atoms with Gasteiger partial charge in [0.15, 0.2) is 5.56 Å². The number of H-pyrrole nitrogens is 1. The van der Waals surface area contributed by atoms with Crippen molar-refractivity contribution in [2.24, 2.45) is 11.3 Å². The number of imidazole rings is 1. The van der Waals surface area contributed by atoms with E-state index in [1.807, 2.05) is 6.20 Å². The summed E-state index contributed by atoms with van der Waals surface area (Å²) in [6.07, 6.45) is 7.39. The van der Waals surface area contributed by atoms with Crippen molar-refractivity contribution in [3.8, 4) is 0 Å². The third kappa shape index (κ3) is 2.59. The molecule has 1 aliphatic heterocycles. The standard InChI is InChI=1S/C16H20N6O3/c1-16(2)9-21(15(23)11-7-18-19-13(11)22(24)25)12(16)14-17-5-6-20(14)8-10-3-4-10/h5-7,10,12H,3-4,8-9H2,1-2H3,(H,18,19). The highest BCUT2D eigenvalue weighted by Crippen LogP contribution is 2.49. The van der Waals surface area contributed by atoms with Gasteiger partial charge in [-0.05, 0) is 23.7 Å². The van der Waals surface area contributed by atoms with Gasteiger partial charge in [-0.1, -0.05) is 18.9 Å². The number of hydrogen-bond donors (Lipinski definition) is 1. The zero-order valence-corrected chi connectivity index (χ0v) is 14.2. The van der Waals surface area contributed by atoms with Crippen molar-refractivity contribution >= 4 is 11.7 Å². The minimum absolute atomic E-state index is 0.00852. The number of aromatic amines is 1. The van der Waals surface area contributed by atoms with Crippen molar-refractivity contribution in [2.75, 3.05) is 6.54 Å². The SMILES string of the molecule is CC1(C)CN(C(=O)c2cn[nH]c2[N+](=O)[O-])C1c1nccn1CC1CC1. The molecule has 0 spiro atoms. The van der Waals surface area contributed by atoms with Crippen molar-refractivity contribution in [2.45, 2.75) is 39.3 Å². The van der Waals surface area contributed by atoms with Gasteiger partial charge in [0.05, 0.1) is 12.2 Å². The predicted octanol–water partition coefficient (Wildman–Crippen LogP) is 2.15. The molecule has 2 fully saturated rings. The Labute approximate surface area is 144 Å². The van der Waals surface area contributed by atoms with Crippen LogP contribution in [0.25, 0.3) is 0 Å². The van der Waals surface area contributed by atoms with Crippen LogP contribution in [0.15, 0.2) is 18.6 Å². The fraction of sp³-hybridized carbons (Fsp3) is 0.562. The van der Waals surface area contributed by atoms with Gasteiger partial charge in [0.2, 0.25) is 0 Å². The Kier molecular flexibility index (Phi) is 3.41. The van der Waals surface area contributed by atoms with E-state index < -0.39 is 4.92 Å². The average molecular weight is 344 g/mol. The van der Waals surface area contributed by atoms with Crippen LogP contribution in [0.1, 0.15) is 48.9 Å². The smallest absolute Gasteiger partial charge is 0.355 e. The Morgan fingerprint density at radius 3 is 2.88 bits per heavy atom. The molecular weight excluding hydrogens is 324 g/mol. The second-order valence-electron chi connectivity index (χ2n) is 7.59. The topological polar surface area (TPSA) is 110 Å². The lowest BCUT2D eigenvalue weighted by atomic mass is 9.74. The van der Waals surface area contributed by atoms with Gasteiger partial charge >= 0.3 is 5.82 Å². The molecule has 1 unspecified atom stereocenters. The fourth-order valence-corrected chi connectivity index (χ4v) is 3.64. The van der Waals surface area contributed by atoms with Gasteiger partial charge < -0.3 is 19.6 Å². The predicted molar refractivity (Wildman–Crippen MR) is 87.8 cm³/mol. The Morgan fingerprint density at radius 2 is 2.24 bits per heavy atom. The highest BCUT2D eigenvalue weighted by molar-refractivity contribution is 5.98. The number of likely N-dealkylation sites (tertiary alicyclic amines) is 1. The molecule has 4 rings (SSSR count). The van der Waals surface area contributed by atoms with E-state index >= 15 is 0 Å². The molecule has 2 aliphatic rings. The summed E-state index contributed by atoms with van der Waals surface area (Å²) >= 11 is 0. The quantitative estimate of drug-likeness (QED) is 0.660. The maximum absolute atomic E-state index is 12.9. The molecule has 3 heterocycles. The number of rotatable bonds is 5. The molecule has 0 radical (unpaired) electrons. The Morgan fingerprint density at radius 1 is 1.48 bits per heavy atom. The van der Waals surface area contributed by atoms with Crippen LogP contribution in [-0.4, -0.2) is 42.0 Å². The molecule has 1 aliphatic carbocycles. The summed E-state index contributed by atoms with van der Waals surface area (Å²) in [6.45, 7) is 5.60. The van der Waals surface area contributed by atoms with Crippen molar-refractivity contribution < 1.29 is 9.72 Å². The lowest BCUT2D eigenvalue weighted by molar-refractivity contribution is -0.389. The van der Waals surface area contributed by atoms with Crippen LogP contribution in [0, 0.1) is 21.4 Å². The van der Waals surface area contributed by atoms with Crippen molar-refractivity contribution in [3.63, 3.8) is 0 Å². The van der Waals surface area contributed by atoms with Crippen LogP contribution in [0.4, 0.5) is 5.82 Å². The van der Waals surface area contributed by atoms with Crippen LogP contribution in [0.2, 0.25) is 0 Å². The Bertz CT molecular complexity index is 835. The fourth-order valence-electron chi connectivity index (χ4n) is 3.64. The number of carbonyl (C=O) groups is 1. The molecule has 9 nitrogen and oxygen atoms in total. The maximum Gasteiger partial charge on any atom is 0.355 e. The minimum atomic E-state index is -0.617. The second-order valence-corrected chi connectivity index (χ2v) is 7.59. The van der Waals surface area contributed by atoms with E-state index in [-0.39, 0.29) is 28.7 Å². The summed E-state index contributed by atoms with van der Waals surface area (Å²) in [4.78, 5) is 29.5. The first-order chi connectivity index (χ1) is 11.9. The number of carbonyl (C=O) groups excluding carboxylic acids is 1. The van der Waals surface area contributed by atoms with Crippen molar-refractivity contribution in [1.29, 1.82) is 0 Å². The van der Waals surface area contributed by atoms with Gasteiger partial charge in [0, 0.05) is 30.9 Å². The van der Waals surface area contributed by atoms with Crippen LogP contribution in [0.5, 0.6) is 0 Å². The van der Waals surface area contributed by atoms with E-state index in [2.05, 4.69) is 33.6 Å². The molecule has 1 atom stereocenters. The van der Waals surface area contributed by atoms with E-state index in [0.717, 1.165) is 12.4 Å². The van der Waals surface area contributed by atoms with Gasteiger partial charge in [-0.25, -0.2) is 4.98 Å². The van der Waals surface area contributed by atoms with Gasteiger partial charge in [0.25, 0.3) is 5.91 Å². The molecule has 1 N–H and O–H groups in total. The van der Waals surface area contributed by atoms with Gasteiger partial charge in [-0.3, -0.25) is 4.79 Å². The van der Waals surface area contributed by atoms with E-state index in [1.54, 1.807) is 11.1 Å². The number of nitrogens with zero attached hydrogens (tertiary/aromatic N) is 5. The molecule has 132 valence electrons. The van der Waals surface area contributed by atoms with Crippen LogP contribution < -0.4 is 0 Å². The van der Waals surface area contributed by atoms with Gasteiger partial charge in [-0.15, -0.1) is 5.10 Å². The Balaban J connectivity index is 1.64. The first kappa shape index (κ1) is 15.8. The second kappa shape index (κ2) is 5.40. The zero-order valence-electron chi connectivity index (χ0n) is 14.2. The summed E-state index contributed by atoms with van der Waals surface area (Å²) in [7, 11) is 0. The lowest BCUT2D eigenvalue weighted by Gasteiger charge is -2.53. The molecule has 1 saturated carbocycles. The van der Waals surface area contributed by atoms with Gasteiger partial charge in [-0.2, -0.15) is 0 Å². The molecular formula is C16H20N6O3. The summed E-state index contributed by atoms with van der Waals surface area (Å²) in [5.74, 6) is 0.790. The zero-order chi connectivity index (χ0) is 17.8. The maximum atomic E-state index is 12.9. The highest BCUT2D eigenvalue weighted by atomic mass is 16.6. The first-order valence-electron chi connectivity index (χ1n) is 8.38.